The molecule has 2 aromatic carbocycles. The summed E-state index contributed by atoms with van der Waals surface area (Å²) in [5.74, 6) is 0.758. The van der Waals surface area contributed by atoms with Crippen molar-refractivity contribution < 1.29 is 4.74 Å². The Bertz CT molecular complexity index is 550. The lowest BCUT2D eigenvalue weighted by molar-refractivity contribution is 0.301. The van der Waals surface area contributed by atoms with Gasteiger partial charge in [-0.2, -0.15) is 0 Å². The van der Waals surface area contributed by atoms with Gasteiger partial charge in [0.1, 0.15) is 12.4 Å². The number of benzene rings is 2. The van der Waals surface area contributed by atoms with Crippen LogP contribution >= 0.6 is 23.2 Å². The van der Waals surface area contributed by atoms with Gasteiger partial charge in [-0.25, -0.2) is 0 Å². The fourth-order valence-corrected chi connectivity index (χ4v) is 2.31. The number of halogens is 2. The molecule has 0 bridgehead atoms. The maximum atomic E-state index is 6.11. The molecule has 2 rings (SSSR count). The molecule has 4 heteroatoms. The van der Waals surface area contributed by atoms with E-state index in [0.29, 0.717) is 16.7 Å². The van der Waals surface area contributed by atoms with Gasteiger partial charge in [-0.15, -0.1) is 0 Å². The van der Waals surface area contributed by atoms with Crippen LogP contribution in [0.1, 0.15) is 24.1 Å². The van der Waals surface area contributed by atoms with Gasteiger partial charge in [0, 0.05) is 27.2 Å². The van der Waals surface area contributed by atoms with E-state index in [1.165, 1.54) is 0 Å². The highest BCUT2D eigenvalue weighted by Crippen LogP contribution is 2.28. The van der Waals surface area contributed by atoms with Gasteiger partial charge in [-0.3, -0.25) is 0 Å². The Morgan fingerprint density at radius 1 is 1.05 bits per heavy atom. The van der Waals surface area contributed by atoms with Crippen LogP contribution in [-0.2, 0) is 6.61 Å². The molecule has 0 saturated heterocycles. The van der Waals surface area contributed by atoms with E-state index in [1.54, 1.807) is 12.1 Å². The maximum absolute atomic E-state index is 6.11. The van der Waals surface area contributed by atoms with Crippen LogP contribution in [0.5, 0.6) is 5.75 Å². The van der Waals surface area contributed by atoms with Crippen molar-refractivity contribution in [3.63, 3.8) is 0 Å². The van der Waals surface area contributed by atoms with E-state index >= 15 is 0 Å². The standard InChI is InChI=1S/C15H15Cl2NO/c1-10(18)11-5-2-3-8-15(11)19-9-12-13(16)6-4-7-14(12)17/h2-8,10H,9,18H2,1H3. The minimum atomic E-state index is -0.0853. The Labute approximate surface area is 123 Å². The number of hydrogen-bond donors (Lipinski definition) is 1. The molecule has 2 N–H and O–H groups in total. The van der Waals surface area contributed by atoms with E-state index in [1.807, 2.05) is 37.3 Å². The van der Waals surface area contributed by atoms with Crippen LogP contribution in [0.25, 0.3) is 0 Å². The molecule has 19 heavy (non-hydrogen) atoms. The Kier molecular flexibility index (Phi) is 4.70. The predicted octanol–water partition coefficient (Wildman–Crippen LogP) is 4.59. The molecule has 0 aliphatic carbocycles. The van der Waals surface area contributed by atoms with E-state index in [0.717, 1.165) is 16.9 Å². The predicted molar refractivity (Wildman–Crippen MR) is 79.8 cm³/mol. The monoisotopic (exact) mass is 295 g/mol. The molecular formula is C15H15Cl2NO. The highest BCUT2D eigenvalue weighted by molar-refractivity contribution is 6.35. The second kappa shape index (κ2) is 6.29. The van der Waals surface area contributed by atoms with Crippen LogP contribution < -0.4 is 10.5 Å². The molecule has 2 aromatic rings. The van der Waals surface area contributed by atoms with Gasteiger partial charge in [0.05, 0.1) is 0 Å². The third kappa shape index (κ3) is 3.41. The minimum absolute atomic E-state index is 0.0853. The van der Waals surface area contributed by atoms with Crippen molar-refractivity contribution >= 4 is 23.2 Å². The Morgan fingerprint density at radius 3 is 2.32 bits per heavy atom. The number of nitrogens with two attached hydrogens (primary N) is 1. The zero-order chi connectivity index (χ0) is 13.8. The first-order valence-electron chi connectivity index (χ1n) is 6.00. The van der Waals surface area contributed by atoms with Gasteiger partial charge in [0.15, 0.2) is 0 Å². The van der Waals surface area contributed by atoms with Crippen molar-refractivity contribution in [2.45, 2.75) is 19.6 Å². The lowest BCUT2D eigenvalue weighted by atomic mass is 10.1. The van der Waals surface area contributed by atoms with E-state index in [2.05, 4.69) is 0 Å². The zero-order valence-electron chi connectivity index (χ0n) is 10.6. The van der Waals surface area contributed by atoms with Gasteiger partial charge < -0.3 is 10.5 Å². The lowest BCUT2D eigenvalue weighted by Gasteiger charge is -2.15. The fourth-order valence-electron chi connectivity index (χ4n) is 1.81. The molecular weight excluding hydrogens is 281 g/mol. The Hall–Kier alpha value is -1.22. The van der Waals surface area contributed by atoms with Crippen molar-refractivity contribution in [3.8, 4) is 5.75 Å². The Morgan fingerprint density at radius 2 is 1.68 bits per heavy atom. The molecule has 0 aliphatic heterocycles. The summed E-state index contributed by atoms with van der Waals surface area (Å²) in [7, 11) is 0. The number of para-hydroxylation sites is 1. The minimum Gasteiger partial charge on any atom is -0.488 e. The van der Waals surface area contributed by atoms with Crippen LogP contribution in [0.2, 0.25) is 10.0 Å². The summed E-state index contributed by atoms with van der Waals surface area (Å²) >= 11 is 12.2. The highest BCUT2D eigenvalue weighted by Gasteiger charge is 2.10. The first kappa shape index (κ1) is 14.2. The number of ether oxygens (including phenoxy) is 1. The summed E-state index contributed by atoms with van der Waals surface area (Å²) in [4.78, 5) is 0. The number of rotatable bonds is 4. The van der Waals surface area contributed by atoms with Gasteiger partial charge in [0.2, 0.25) is 0 Å². The average molecular weight is 296 g/mol. The first-order chi connectivity index (χ1) is 9.09. The average Bonchev–Trinajstić information content (AvgIpc) is 2.38. The third-order valence-corrected chi connectivity index (χ3v) is 3.55. The summed E-state index contributed by atoms with van der Waals surface area (Å²) in [6.07, 6.45) is 0. The van der Waals surface area contributed by atoms with E-state index < -0.39 is 0 Å². The first-order valence-corrected chi connectivity index (χ1v) is 6.75. The molecule has 100 valence electrons. The number of hydrogen-bond acceptors (Lipinski definition) is 2. The molecule has 0 amide bonds. The van der Waals surface area contributed by atoms with Gasteiger partial charge in [-0.05, 0) is 25.1 Å². The summed E-state index contributed by atoms with van der Waals surface area (Å²) in [6.45, 7) is 2.24. The van der Waals surface area contributed by atoms with Crippen molar-refractivity contribution in [2.75, 3.05) is 0 Å². The third-order valence-electron chi connectivity index (χ3n) is 2.84. The molecule has 2 nitrogen and oxygen atoms in total. The van der Waals surface area contributed by atoms with Crippen molar-refractivity contribution in [2.24, 2.45) is 5.73 Å². The van der Waals surface area contributed by atoms with Crippen LogP contribution in [0.4, 0.5) is 0 Å². The van der Waals surface area contributed by atoms with Gasteiger partial charge >= 0.3 is 0 Å². The summed E-state index contributed by atoms with van der Waals surface area (Å²) in [5, 5.41) is 1.21. The quantitative estimate of drug-likeness (QED) is 0.895. The Balaban J connectivity index is 2.19. The molecule has 0 radical (unpaired) electrons. The summed E-state index contributed by atoms with van der Waals surface area (Å²) in [6, 6.07) is 13.0. The van der Waals surface area contributed by atoms with Gasteiger partial charge in [-0.1, -0.05) is 47.5 Å². The molecule has 0 saturated carbocycles. The van der Waals surface area contributed by atoms with Gasteiger partial charge in [0.25, 0.3) is 0 Å². The summed E-state index contributed by atoms with van der Waals surface area (Å²) < 4.78 is 5.80. The molecule has 0 spiro atoms. The molecule has 0 heterocycles. The maximum Gasteiger partial charge on any atom is 0.124 e. The van der Waals surface area contributed by atoms with Crippen LogP contribution in [0.3, 0.4) is 0 Å². The fraction of sp³-hybridized carbons (Fsp3) is 0.200. The topological polar surface area (TPSA) is 35.2 Å². The summed E-state index contributed by atoms with van der Waals surface area (Å²) in [5.41, 5.74) is 7.66. The molecule has 0 fully saturated rings. The van der Waals surface area contributed by atoms with Crippen LogP contribution in [-0.4, -0.2) is 0 Å². The molecule has 1 atom stereocenters. The smallest absolute Gasteiger partial charge is 0.124 e. The zero-order valence-corrected chi connectivity index (χ0v) is 12.1. The molecule has 1 unspecified atom stereocenters. The van der Waals surface area contributed by atoms with Crippen molar-refractivity contribution in [3.05, 3.63) is 63.6 Å². The van der Waals surface area contributed by atoms with Crippen molar-refractivity contribution in [1.82, 2.24) is 0 Å². The van der Waals surface area contributed by atoms with E-state index in [4.69, 9.17) is 33.7 Å². The normalized spacial score (nSPS) is 12.2. The SMILES string of the molecule is CC(N)c1ccccc1OCc1c(Cl)cccc1Cl. The highest BCUT2D eigenvalue weighted by atomic mass is 35.5. The molecule has 0 aromatic heterocycles. The van der Waals surface area contributed by atoms with E-state index in [9.17, 15) is 0 Å². The molecule has 0 aliphatic rings. The van der Waals surface area contributed by atoms with E-state index in [-0.39, 0.29) is 6.04 Å². The second-order valence-corrected chi connectivity index (χ2v) is 5.13. The van der Waals surface area contributed by atoms with Crippen molar-refractivity contribution in [1.29, 1.82) is 0 Å². The second-order valence-electron chi connectivity index (χ2n) is 4.32. The van der Waals surface area contributed by atoms with Crippen LogP contribution in [0.15, 0.2) is 42.5 Å². The largest absolute Gasteiger partial charge is 0.488 e. The van der Waals surface area contributed by atoms with Crippen LogP contribution in [0, 0.1) is 0 Å². The lowest BCUT2D eigenvalue weighted by Crippen LogP contribution is -2.08.